The van der Waals surface area contributed by atoms with Crippen molar-refractivity contribution in [2.75, 3.05) is 11.1 Å². The predicted molar refractivity (Wildman–Crippen MR) is 127 cm³/mol. The third kappa shape index (κ3) is 6.78. The van der Waals surface area contributed by atoms with E-state index in [1.807, 2.05) is 0 Å². The topological polar surface area (TPSA) is 98.0 Å². The van der Waals surface area contributed by atoms with Crippen molar-refractivity contribution in [2.24, 2.45) is 0 Å². The van der Waals surface area contributed by atoms with E-state index >= 15 is 0 Å². The number of anilines is 1. The number of thioether (sulfide) groups is 2. The fourth-order valence-electron chi connectivity index (χ4n) is 2.63. The Kier molecular flexibility index (Phi) is 8.05. The van der Waals surface area contributed by atoms with Gasteiger partial charge in [0, 0.05) is 17.9 Å². The molecule has 7 nitrogen and oxygen atoms in total. The second-order valence-corrected chi connectivity index (χ2v) is 10.5. The van der Waals surface area contributed by atoms with Crippen molar-refractivity contribution in [3.63, 3.8) is 0 Å². The summed E-state index contributed by atoms with van der Waals surface area (Å²) in [6.07, 6.45) is 0. The summed E-state index contributed by atoms with van der Waals surface area (Å²) in [5, 5.41) is 22.0. The zero-order valence-electron chi connectivity index (χ0n) is 17.3. The van der Waals surface area contributed by atoms with E-state index in [4.69, 9.17) is 0 Å². The number of nitrogens with one attached hydrogen (secondary N) is 1. The molecule has 0 aliphatic carbocycles. The Balaban J connectivity index is 1.49. The Bertz CT molecular complexity index is 1070. The van der Waals surface area contributed by atoms with Gasteiger partial charge >= 0.3 is 0 Å². The minimum absolute atomic E-state index is 0.0572. The summed E-state index contributed by atoms with van der Waals surface area (Å²) < 4.78 is 1.56. The van der Waals surface area contributed by atoms with Crippen LogP contribution in [0.4, 0.5) is 11.4 Å². The largest absolute Gasteiger partial charge is 0.325 e. The van der Waals surface area contributed by atoms with Gasteiger partial charge < -0.3 is 5.32 Å². The standard InChI is InChI=1S/C21H22N4O3S3/c1-13(2)16-7-5-15(6-8-16)11-29-20-23-24-21(31-20)30-12-19(26)22-18-10-17(25(27)28)9-4-14(18)3/h4-10,13H,11-12H2,1-3H3,(H,22,26). The molecule has 0 spiro atoms. The van der Waals surface area contributed by atoms with Gasteiger partial charge in [0.05, 0.1) is 16.4 Å². The van der Waals surface area contributed by atoms with Gasteiger partial charge in [-0.1, -0.05) is 79.0 Å². The maximum absolute atomic E-state index is 12.3. The zero-order valence-corrected chi connectivity index (χ0v) is 19.8. The van der Waals surface area contributed by atoms with Crippen LogP contribution in [0.2, 0.25) is 0 Å². The van der Waals surface area contributed by atoms with Crippen LogP contribution in [-0.2, 0) is 10.5 Å². The van der Waals surface area contributed by atoms with Crippen LogP contribution < -0.4 is 5.32 Å². The molecule has 1 heterocycles. The maximum Gasteiger partial charge on any atom is 0.271 e. The monoisotopic (exact) mass is 474 g/mol. The van der Waals surface area contributed by atoms with E-state index < -0.39 is 4.92 Å². The van der Waals surface area contributed by atoms with Gasteiger partial charge in [0.2, 0.25) is 5.91 Å². The first-order chi connectivity index (χ1) is 14.8. The first-order valence-electron chi connectivity index (χ1n) is 9.54. The third-order valence-electron chi connectivity index (χ3n) is 4.43. The molecule has 0 unspecified atom stereocenters. The lowest BCUT2D eigenvalue weighted by Crippen LogP contribution is -2.15. The van der Waals surface area contributed by atoms with Crippen LogP contribution in [0.25, 0.3) is 0 Å². The summed E-state index contributed by atoms with van der Waals surface area (Å²) in [4.78, 5) is 22.7. The maximum atomic E-state index is 12.3. The van der Waals surface area contributed by atoms with E-state index in [-0.39, 0.29) is 17.3 Å². The Morgan fingerprint density at radius 2 is 1.81 bits per heavy atom. The SMILES string of the molecule is Cc1ccc([N+](=O)[O-])cc1NC(=O)CSc1nnc(SCc2ccc(C(C)C)cc2)s1. The van der Waals surface area contributed by atoms with Gasteiger partial charge in [-0.25, -0.2) is 0 Å². The highest BCUT2D eigenvalue weighted by Gasteiger charge is 2.13. The number of nitro benzene ring substituents is 1. The van der Waals surface area contributed by atoms with Gasteiger partial charge in [0.1, 0.15) is 0 Å². The smallest absolute Gasteiger partial charge is 0.271 e. The van der Waals surface area contributed by atoms with Crippen molar-refractivity contribution >= 4 is 52.1 Å². The van der Waals surface area contributed by atoms with Gasteiger partial charge in [0.25, 0.3) is 5.69 Å². The molecule has 162 valence electrons. The lowest BCUT2D eigenvalue weighted by atomic mass is 10.0. The molecule has 3 rings (SSSR count). The zero-order chi connectivity index (χ0) is 22.4. The molecule has 0 aliphatic heterocycles. The molecule has 1 aromatic heterocycles. The number of hydrogen-bond acceptors (Lipinski definition) is 8. The molecule has 31 heavy (non-hydrogen) atoms. The van der Waals surface area contributed by atoms with E-state index in [1.165, 1.54) is 46.4 Å². The number of non-ortho nitro benzene ring substituents is 1. The predicted octanol–water partition coefficient (Wildman–Crippen LogP) is 5.90. The van der Waals surface area contributed by atoms with E-state index in [9.17, 15) is 14.9 Å². The number of rotatable bonds is 9. The second-order valence-electron chi connectivity index (χ2n) is 7.11. The van der Waals surface area contributed by atoms with Crippen molar-refractivity contribution in [1.82, 2.24) is 10.2 Å². The second kappa shape index (κ2) is 10.7. The quantitative estimate of drug-likeness (QED) is 0.234. The molecule has 0 fully saturated rings. The number of carbonyl (C=O) groups excluding carboxylic acids is 1. The van der Waals surface area contributed by atoms with Gasteiger partial charge in [-0.15, -0.1) is 10.2 Å². The van der Waals surface area contributed by atoms with Crippen molar-refractivity contribution < 1.29 is 9.72 Å². The summed E-state index contributed by atoms with van der Waals surface area (Å²) >= 11 is 4.37. The highest BCUT2D eigenvalue weighted by molar-refractivity contribution is 8.03. The van der Waals surface area contributed by atoms with Gasteiger partial charge in [-0.05, 0) is 29.5 Å². The van der Waals surface area contributed by atoms with Crippen LogP contribution in [-0.4, -0.2) is 26.8 Å². The molecule has 10 heteroatoms. The lowest BCUT2D eigenvalue weighted by molar-refractivity contribution is -0.384. The Morgan fingerprint density at radius 3 is 2.45 bits per heavy atom. The first kappa shape index (κ1) is 23.2. The molecular weight excluding hydrogens is 452 g/mol. The summed E-state index contributed by atoms with van der Waals surface area (Å²) in [6, 6.07) is 13.0. The fourth-order valence-corrected chi connectivity index (χ4v) is 5.41. The molecule has 2 aromatic carbocycles. The van der Waals surface area contributed by atoms with Crippen LogP contribution in [0.3, 0.4) is 0 Å². The summed E-state index contributed by atoms with van der Waals surface area (Å²) in [7, 11) is 0. The molecule has 1 amide bonds. The van der Waals surface area contributed by atoms with Crippen LogP contribution >= 0.6 is 34.9 Å². The number of benzene rings is 2. The Hall–Kier alpha value is -2.43. The molecule has 0 saturated heterocycles. The number of nitrogens with zero attached hydrogens (tertiary/aromatic N) is 3. The highest BCUT2D eigenvalue weighted by Crippen LogP contribution is 2.31. The number of aromatic nitrogens is 2. The van der Waals surface area contributed by atoms with Crippen LogP contribution in [0, 0.1) is 17.0 Å². The Morgan fingerprint density at radius 1 is 1.13 bits per heavy atom. The lowest BCUT2D eigenvalue weighted by Gasteiger charge is -2.07. The van der Waals surface area contributed by atoms with Crippen molar-refractivity contribution in [1.29, 1.82) is 0 Å². The van der Waals surface area contributed by atoms with Crippen LogP contribution in [0.5, 0.6) is 0 Å². The Labute approximate surface area is 193 Å². The number of hydrogen-bond donors (Lipinski definition) is 1. The third-order valence-corrected chi connectivity index (χ3v) is 7.69. The van der Waals surface area contributed by atoms with Crippen molar-refractivity contribution in [3.8, 4) is 0 Å². The fraction of sp³-hybridized carbons (Fsp3) is 0.286. The molecule has 0 radical (unpaired) electrons. The van der Waals surface area contributed by atoms with Gasteiger partial charge in [-0.2, -0.15) is 0 Å². The van der Waals surface area contributed by atoms with E-state index in [1.54, 1.807) is 24.8 Å². The van der Waals surface area contributed by atoms with Crippen LogP contribution in [0.15, 0.2) is 51.1 Å². The van der Waals surface area contributed by atoms with Gasteiger partial charge in [0.15, 0.2) is 8.68 Å². The normalized spacial score (nSPS) is 11.0. The molecule has 0 aliphatic rings. The van der Waals surface area contributed by atoms with E-state index in [0.717, 1.165) is 15.7 Å². The molecule has 3 aromatic rings. The molecule has 0 atom stereocenters. The van der Waals surface area contributed by atoms with Crippen molar-refractivity contribution in [2.45, 2.75) is 41.1 Å². The summed E-state index contributed by atoms with van der Waals surface area (Å²) in [5.74, 6) is 1.23. The minimum Gasteiger partial charge on any atom is -0.325 e. The number of nitro groups is 1. The number of carbonyl (C=O) groups is 1. The number of aryl methyl sites for hydroxylation is 1. The van der Waals surface area contributed by atoms with E-state index in [2.05, 4.69) is 53.6 Å². The molecular formula is C21H22N4O3S3. The average molecular weight is 475 g/mol. The highest BCUT2D eigenvalue weighted by atomic mass is 32.2. The summed E-state index contributed by atoms with van der Waals surface area (Å²) in [5.41, 5.74) is 3.70. The van der Waals surface area contributed by atoms with Crippen molar-refractivity contribution in [3.05, 3.63) is 69.3 Å². The van der Waals surface area contributed by atoms with Crippen LogP contribution in [0.1, 0.15) is 36.5 Å². The first-order valence-corrected chi connectivity index (χ1v) is 12.3. The molecule has 1 N–H and O–H groups in total. The number of amides is 1. The molecule has 0 bridgehead atoms. The van der Waals surface area contributed by atoms with Gasteiger partial charge in [-0.3, -0.25) is 14.9 Å². The summed E-state index contributed by atoms with van der Waals surface area (Å²) in [6.45, 7) is 6.14. The molecule has 0 saturated carbocycles. The average Bonchev–Trinajstić information content (AvgIpc) is 3.20. The minimum atomic E-state index is -0.483. The van der Waals surface area contributed by atoms with E-state index in [0.29, 0.717) is 15.9 Å².